The number of amides is 1. The minimum absolute atomic E-state index is 0.0204. The van der Waals surface area contributed by atoms with Crippen LogP contribution >= 0.6 is 0 Å². The van der Waals surface area contributed by atoms with Gasteiger partial charge in [0, 0.05) is 37.4 Å². The van der Waals surface area contributed by atoms with Gasteiger partial charge in [0.05, 0.1) is 6.54 Å². The maximum Gasteiger partial charge on any atom is 0.244 e. The zero-order valence-corrected chi connectivity index (χ0v) is 15.2. The number of nitrogens with one attached hydrogen (secondary N) is 1. The Labute approximate surface area is 148 Å². The van der Waals surface area contributed by atoms with E-state index in [1.807, 2.05) is 15.3 Å². The Hall–Kier alpha value is -2.22. The van der Waals surface area contributed by atoms with Gasteiger partial charge in [0.25, 0.3) is 0 Å². The number of carbonyl (C=O) groups excluding carboxylic acids is 1. The molecule has 1 amide bonds. The van der Waals surface area contributed by atoms with Crippen molar-refractivity contribution < 1.29 is 4.79 Å². The number of hydrogen-bond acceptors (Lipinski definition) is 5. The molecule has 1 saturated heterocycles. The number of hydrogen-bond donors (Lipinski definition) is 1. The molecule has 0 aliphatic carbocycles. The van der Waals surface area contributed by atoms with E-state index in [4.69, 9.17) is 0 Å². The van der Waals surface area contributed by atoms with E-state index >= 15 is 0 Å². The quantitative estimate of drug-likeness (QED) is 0.850. The summed E-state index contributed by atoms with van der Waals surface area (Å²) in [5.41, 5.74) is 1.14. The Kier molecular flexibility index (Phi) is 5.47. The summed E-state index contributed by atoms with van der Waals surface area (Å²) >= 11 is 0. The van der Waals surface area contributed by atoms with Gasteiger partial charge in [-0.1, -0.05) is 0 Å². The SMILES string of the molecule is CC(C)n1cnnc1CN(C)C(=O)Cn1nccc1C1CCCNC1. The summed E-state index contributed by atoms with van der Waals surface area (Å²) in [7, 11) is 1.80. The molecule has 0 spiro atoms. The molecule has 136 valence electrons. The lowest BCUT2D eigenvalue weighted by molar-refractivity contribution is -0.131. The summed E-state index contributed by atoms with van der Waals surface area (Å²) in [5.74, 6) is 1.24. The Balaban J connectivity index is 1.64. The third-order valence-electron chi connectivity index (χ3n) is 4.76. The fraction of sp³-hybridized carbons (Fsp3) is 0.647. The van der Waals surface area contributed by atoms with E-state index in [1.54, 1.807) is 24.5 Å². The van der Waals surface area contributed by atoms with E-state index in [1.165, 1.54) is 0 Å². The fourth-order valence-electron chi connectivity index (χ4n) is 3.29. The summed E-state index contributed by atoms with van der Waals surface area (Å²) in [6.45, 7) is 6.87. The Morgan fingerprint density at radius 1 is 1.48 bits per heavy atom. The van der Waals surface area contributed by atoms with Crippen molar-refractivity contribution in [1.82, 2.24) is 34.8 Å². The molecule has 8 heteroatoms. The van der Waals surface area contributed by atoms with Gasteiger partial charge in [-0.25, -0.2) is 0 Å². The third-order valence-corrected chi connectivity index (χ3v) is 4.76. The second-order valence-corrected chi connectivity index (χ2v) is 6.95. The summed E-state index contributed by atoms with van der Waals surface area (Å²) in [5, 5.41) is 15.9. The number of likely N-dealkylation sites (N-methyl/N-ethyl adjacent to an activating group) is 1. The molecule has 1 aliphatic heterocycles. The molecule has 1 aliphatic rings. The molecule has 3 rings (SSSR count). The van der Waals surface area contributed by atoms with E-state index < -0.39 is 0 Å². The highest BCUT2D eigenvalue weighted by molar-refractivity contribution is 5.75. The van der Waals surface area contributed by atoms with Gasteiger partial charge >= 0.3 is 0 Å². The van der Waals surface area contributed by atoms with Crippen LogP contribution in [0.1, 0.15) is 50.2 Å². The molecule has 1 N–H and O–H groups in total. The van der Waals surface area contributed by atoms with Crippen LogP contribution in [0.15, 0.2) is 18.6 Å². The van der Waals surface area contributed by atoms with E-state index in [0.29, 0.717) is 12.5 Å². The van der Waals surface area contributed by atoms with Gasteiger partial charge in [0.1, 0.15) is 12.9 Å². The second kappa shape index (κ2) is 7.77. The molecule has 8 nitrogen and oxygen atoms in total. The molecule has 0 aromatic carbocycles. The van der Waals surface area contributed by atoms with Gasteiger partial charge in [-0.05, 0) is 39.3 Å². The van der Waals surface area contributed by atoms with Crippen LogP contribution < -0.4 is 5.32 Å². The van der Waals surface area contributed by atoms with Crippen molar-refractivity contribution in [1.29, 1.82) is 0 Å². The lowest BCUT2D eigenvalue weighted by atomic mass is 9.96. The van der Waals surface area contributed by atoms with E-state index in [-0.39, 0.29) is 18.5 Å². The molecule has 0 saturated carbocycles. The number of aromatic nitrogens is 5. The van der Waals surface area contributed by atoms with E-state index in [0.717, 1.165) is 37.4 Å². The first-order valence-electron chi connectivity index (χ1n) is 8.91. The Morgan fingerprint density at radius 2 is 2.32 bits per heavy atom. The highest BCUT2D eigenvalue weighted by atomic mass is 16.2. The average Bonchev–Trinajstić information content (AvgIpc) is 3.25. The van der Waals surface area contributed by atoms with Crippen molar-refractivity contribution in [2.45, 2.75) is 51.7 Å². The minimum Gasteiger partial charge on any atom is -0.337 e. The van der Waals surface area contributed by atoms with Crippen LogP contribution in [0.25, 0.3) is 0 Å². The van der Waals surface area contributed by atoms with Crippen molar-refractivity contribution in [2.75, 3.05) is 20.1 Å². The molecule has 25 heavy (non-hydrogen) atoms. The van der Waals surface area contributed by atoms with Crippen LogP contribution in [0.2, 0.25) is 0 Å². The maximum atomic E-state index is 12.6. The van der Waals surface area contributed by atoms with Crippen LogP contribution in [0, 0.1) is 0 Å². The van der Waals surface area contributed by atoms with E-state index in [2.05, 4.69) is 34.5 Å². The standard InChI is InChI=1S/C17H27N7O/c1-13(2)23-12-19-21-16(23)10-22(3)17(25)11-24-15(6-8-20-24)14-5-4-7-18-9-14/h6,8,12-14,18H,4-5,7,9-11H2,1-3H3. The molecule has 1 fully saturated rings. The van der Waals surface area contributed by atoms with Gasteiger partial charge in [-0.3, -0.25) is 9.48 Å². The molecule has 0 bridgehead atoms. The maximum absolute atomic E-state index is 12.6. The molecular weight excluding hydrogens is 318 g/mol. The number of nitrogens with zero attached hydrogens (tertiary/aromatic N) is 6. The second-order valence-electron chi connectivity index (χ2n) is 6.95. The lowest BCUT2D eigenvalue weighted by Gasteiger charge is -2.24. The topological polar surface area (TPSA) is 80.9 Å². The van der Waals surface area contributed by atoms with Gasteiger partial charge in [0.2, 0.25) is 5.91 Å². The molecule has 3 heterocycles. The van der Waals surface area contributed by atoms with Crippen LogP contribution in [-0.2, 0) is 17.9 Å². The number of piperidine rings is 1. The minimum atomic E-state index is 0.0204. The van der Waals surface area contributed by atoms with Crippen LogP contribution in [0.4, 0.5) is 0 Å². The van der Waals surface area contributed by atoms with Crippen LogP contribution in [0.5, 0.6) is 0 Å². The van der Waals surface area contributed by atoms with E-state index in [9.17, 15) is 4.79 Å². The zero-order chi connectivity index (χ0) is 17.8. The molecular formula is C17H27N7O. The first-order chi connectivity index (χ1) is 12.1. The smallest absolute Gasteiger partial charge is 0.244 e. The summed E-state index contributed by atoms with van der Waals surface area (Å²) in [6, 6.07) is 2.30. The Bertz CT molecular complexity index is 699. The average molecular weight is 345 g/mol. The predicted octanol–water partition coefficient (Wildman–Crippen LogP) is 1.18. The number of rotatable bonds is 6. The summed E-state index contributed by atoms with van der Waals surface area (Å²) < 4.78 is 3.82. The van der Waals surface area contributed by atoms with Crippen LogP contribution in [-0.4, -0.2) is 55.5 Å². The normalized spacial score (nSPS) is 17.8. The van der Waals surface area contributed by atoms with Gasteiger partial charge in [0.15, 0.2) is 5.82 Å². The molecule has 0 radical (unpaired) electrons. The largest absolute Gasteiger partial charge is 0.337 e. The van der Waals surface area contributed by atoms with Crippen molar-refractivity contribution in [3.05, 3.63) is 30.1 Å². The summed E-state index contributed by atoms with van der Waals surface area (Å²) in [4.78, 5) is 14.3. The highest BCUT2D eigenvalue weighted by Gasteiger charge is 2.21. The molecule has 2 aromatic heterocycles. The number of carbonyl (C=O) groups is 1. The van der Waals surface area contributed by atoms with Crippen molar-refractivity contribution >= 4 is 5.91 Å². The molecule has 1 atom stereocenters. The van der Waals surface area contributed by atoms with Crippen molar-refractivity contribution in [3.63, 3.8) is 0 Å². The summed E-state index contributed by atoms with van der Waals surface area (Å²) in [6.07, 6.45) is 5.79. The predicted molar refractivity (Wildman–Crippen MR) is 94.0 cm³/mol. The van der Waals surface area contributed by atoms with Gasteiger partial charge in [-0.2, -0.15) is 5.10 Å². The van der Waals surface area contributed by atoms with Gasteiger partial charge < -0.3 is 14.8 Å². The fourth-order valence-corrected chi connectivity index (χ4v) is 3.29. The highest BCUT2D eigenvalue weighted by Crippen LogP contribution is 2.22. The molecule has 1 unspecified atom stereocenters. The van der Waals surface area contributed by atoms with Crippen molar-refractivity contribution in [3.8, 4) is 0 Å². The third kappa shape index (κ3) is 4.07. The Morgan fingerprint density at radius 3 is 3.04 bits per heavy atom. The lowest BCUT2D eigenvalue weighted by Crippen LogP contribution is -2.33. The van der Waals surface area contributed by atoms with Crippen molar-refractivity contribution in [2.24, 2.45) is 0 Å². The van der Waals surface area contributed by atoms with Crippen LogP contribution in [0.3, 0.4) is 0 Å². The zero-order valence-electron chi connectivity index (χ0n) is 15.2. The first kappa shape index (κ1) is 17.6. The van der Waals surface area contributed by atoms with Gasteiger partial charge in [-0.15, -0.1) is 10.2 Å². The monoisotopic (exact) mass is 345 g/mol. The first-order valence-corrected chi connectivity index (χ1v) is 8.91. The molecule has 2 aromatic rings.